The van der Waals surface area contributed by atoms with Crippen molar-refractivity contribution in [3.05, 3.63) is 58.4 Å². The summed E-state index contributed by atoms with van der Waals surface area (Å²) in [4.78, 5) is 12.3. The Morgan fingerprint density at radius 3 is 2.19 bits per heavy atom. The van der Waals surface area contributed by atoms with Gasteiger partial charge in [0, 0.05) is 23.4 Å². The first-order chi connectivity index (χ1) is 14.6. The number of halogens is 4. The molecule has 10 heteroatoms. The van der Waals surface area contributed by atoms with Gasteiger partial charge in [0.1, 0.15) is 0 Å². The average molecular weight is 474 g/mol. The van der Waals surface area contributed by atoms with Crippen LogP contribution < -0.4 is 5.32 Å². The standard InChI is InChI=1S/C21H19ClF3NO4S/c22-15-4-3-12(21(28)26-13-8-16(23)19(25)17(24)9-13)7-18(15)31(29,30)14-5-10-1-2-11(6-14)20(10)27/h3-4,7-11,14,20,27H,1-2,5-6H2,(H,26,28)/t10?,11?,14-,20+. The van der Waals surface area contributed by atoms with Gasteiger partial charge in [0.15, 0.2) is 27.3 Å². The zero-order chi connectivity index (χ0) is 22.5. The molecule has 2 aliphatic carbocycles. The van der Waals surface area contributed by atoms with Gasteiger partial charge in [-0.15, -0.1) is 0 Å². The lowest BCUT2D eigenvalue weighted by Crippen LogP contribution is -2.37. The van der Waals surface area contributed by atoms with E-state index in [0.717, 1.165) is 18.9 Å². The number of hydrogen-bond donors (Lipinski definition) is 2. The van der Waals surface area contributed by atoms with Crippen molar-refractivity contribution in [3.63, 3.8) is 0 Å². The van der Waals surface area contributed by atoms with Gasteiger partial charge in [-0.1, -0.05) is 11.6 Å². The molecule has 2 aromatic rings. The van der Waals surface area contributed by atoms with Crippen LogP contribution in [0.4, 0.5) is 18.9 Å². The minimum atomic E-state index is -3.88. The molecule has 2 fully saturated rings. The monoisotopic (exact) mass is 473 g/mol. The number of hydrogen-bond acceptors (Lipinski definition) is 4. The molecule has 2 saturated carbocycles. The van der Waals surface area contributed by atoms with E-state index >= 15 is 0 Å². The zero-order valence-corrected chi connectivity index (χ0v) is 17.7. The van der Waals surface area contributed by atoms with E-state index in [2.05, 4.69) is 5.32 Å². The maximum absolute atomic E-state index is 13.4. The van der Waals surface area contributed by atoms with Gasteiger partial charge in [-0.05, 0) is 55.7 Å². The first-order valence-corrected chi connectivity index (χ1v) is 11.7. The highest BCUT2D eigenvalue weighted by atomic mass is 35.5. The number of aliphatic hydroxyl groups excluding tert-OH is 1. The van der Waals surface area contributed by atoms with Crippen LogP contribution >= 0.6 is 11.6 Å². The molecule has 2 bridgehead atoms. The first-order valence-electron chi connectivity index (χ1n) is 9.75. The molecule has 5 nitrogen and oxygen atoms in total. The number of benzene rings is 2. The molecule has 2 aliphatic rings. The Balaban J connectivity index is 1.60. The van der Waals surface area contributed by atoms with Crippen molar-refractivity contribution < 1.29 is 31.5 Å². The van der Waals surface area contributed by atoms with Crippen LogP contribution in [0, 0.1) is 29.3 Å². The van der Waals surface area contributed by atoms with Crippen LogP contribution in [0.2, 0.25) is 5.02 Å². The fourth-order valence-corrected chi connectivity index (χ4v) is 7.00. The molecule has 166 valence electrons. The van der Waals surface area contributed by atoms with E-state index < -0.39 is 44.5 Å². The summed E-state index contributed by atoms with van der Waals surface area (Å²) in [5, 5.41) is 11.6. The van der Waals surface area contributed by atoms with Gasteiger partial charge >= 0.3 is 0 Å². The predicted octanol–water partition coefficient (Wildman–Crippen LogP) is 4.33. The highest BCUT2D eigenvalue weighted by molar-refractivity contribution is 7.92. The molecule has 0 saturated heterocycles. The predicted molar refractivity (Wildman–Crippen MR) is 108 cm³/mol. The molecule has 0 aromatic heterocycles. The number of aliphatic hydroxyl groups is 1. The van der Waals surface area contributed by atoms with E-state index in [1.807, 2.05) is 0 Å². The summed E-state index contributed by atoms with van der Waals surface area (Å²) in [7, 11) is -3.88. The quantitative estimate of drug-likeness (QED) is 0.647. The van der Waals surface area contributed by atoms with Gasteiger partial charge in [0.05, 0.1) is 21.3 Å². The molecule has 1 amide bonds. The summed E-state index contributed by atoms with van der Waals surface area (Å²) >= 11 is 6.14. The van der Waals surface area contributed by atoms with Gasteiger partial charge in [-0.25, -0.2) is 21.6 Å². The zero-order valence-electron chi connectivity index (χ0n) is 16.1. The van der Waals surface area contributed by atoms with Gasteiger partial charge in [0.2, 0.25) is 0 Å². The van der Waals surface area contributed by atoms with Gasteiger partial charge in [0.25, 0.3) is 5.91 Å². The number of nitrogens with one attached hydrogen (secondary N) is 1. The largest absolute Gasteiger partial charge is 0.393 e. The van der Waals surface area contributed by atoms with Crippen LogP contribution in [0.1, 0.15) is 36.0 Å². The summed E-state index contributed by atoms with van der Waals surface area (Å²) < 4.78 is 66.4. The maximum atomic E-state index is 13.4. The molecule has 0 spiro atoms. The second-order valence-electron chi connectivity index (χ2n) is 8.08. The molecule has 0 aliphatic heterocycles. The highest BCUT2D eigenvalue weighted by Crippen LogP contribution is 2.46. The fraction of sp³-hybridized carbons (Fsp3) is 0.381. The Bertz CT molecular complexity index is 1120. The maximum Gasteiger partial charge on any atom is 0.255 e. The molecule has 2 aromatic carbocycles. The van der Waals surface area contributed by atoms with Crippen molar-refractivity contribution in [2.45, 2.75) is 41.9 Å². The number of rotatable bonds is 4. The van der Waals surface area contributed by atoms with Crippen molar-refractivity contribution in [2.75, 3.05) is 5.32 Å². The molecular weight excluding hydrogens is 455 g/mol. The summed E-state index contributed by atoms with van der Waals surface area (Å²) in [6.07, 6.45) is 1.70. The van der Waals surface area contributed by atoms with E-state index in [9.17, 15) is 31.5 Å². The van der Waals surface area contributed by atoms with E-state index in [1.54, 1.807) is 0 Å². The van der Waals surface area contributed by atoms with Crippen molar-refractivity contribution in [3.8, 4) is 0 Å². The third kappa shape index (κ3) is 4.06. The number of carbonyl (C=O) groups excluding carboxylic acids is 1. The summed E-state index contributed by atoms with van der Waals surface area (Å²) in [6.45, 7) is 0. The van der Waals surface area contributed by atoms with Gasteiger partial charge < -0.3 is 10.4 Å². The minimum absolute atomic E-state index is 0.0473. The SMILES string of the molecule is O=C(Nc1cc(F)c(F)c(F)c1)c1ccc(Cl)c(S(=O)(=O)[C@H]2CC3CCC(C2)[C@@H]3O)c1. The second-order valence-corrected chi connectivity index (χ2v) is 10.7. The molecule has 2 N–H and O–H groups in total. The van der Waals surface area contributed by atoms with Crippen molar-refractivity contribution in [1.29, 1.82) is 0 Å². The van der Waals surface area contributed by atoms with Crippen LogP contribution in [-0.4, -0.2) is 30.8 Å². The second kappa shape index (κ2) is 8.11. The van der Waals surface area contributed by atoms with Gasteiger partial charge in [-0.3, -0.25) is 4.79 Å². The fourth-order valence-electron chi connectivity index (χ4n) is 4.57. The summed E-state index contributed by atoms with van der Waals surface area (Å²) in [5.41, 5.74) is -0.412. The molecule has 0 heterocycles. The van der Waals surface area contributed by atoms with Crippen LogP contribution in [0.5, 0.6) is 0 Å². The molecular formula is C21H19ClF3NO4S. The summed E-state index contributed by atoms with van der Waals surface area (Å²) in [5.74, 6) is -5.59. The Kier molecular flexibility index (Phi) is 5.78. The normalized spacial score (nSPS) is 25.5. The molecule has 2 unspecified atom stereocenters. The Morgan fingerprint density at radius 2 is 1.61 bits per heavy atom. The average Bonchev–Trinajstić information content (AvgIpc) is 2.91. The molecule has 0 radical (unpaired) electrons. The highest BCUT2D eigenvalue weighted by Gasteiger charge is 2.46. The smallest absolute Gasteiger partial charge is 0.255 e. The minimum Gasteiger partial charge on any atom is -0.393 e. The molecule has 2 atom stereocenters. The van der Waals surface area contributed by atoms with E-state index in [-0.39, 0.29) is 33.0 Å². The number of sulfone groups is 1. The van der Waals surface area contributed by atoms with E-state index in [4.69, 9.17) is 11.6 Å². The van der Waals surface area contributed by atoms with Crippen molar-refractivity contribution in [1.82, 2.24) is 0 Å². The van der Waals surface area contributed by atoms with E-state index in [1.165, 1.54) is 12.1 Å². The van der Waals surface area contributed by atoms with Crippen LogP contribution in [0.15, 0.2) is 35.2 Å². The lowest BCUT2D eigenvalue weighted by Gasteiger charge is -2.32. The summed E-state index contributed by atoms with van der Waals surface area (Å²) in [6, 6.07) is 4.90. The van der Waals surface area contributed by atoms with E-state index in [0.29, 0.717) is 25.0 Å². The number of amides is 1. The van der Waals surface area contributed by atoms with Crippen LogP contribution in [-0.2, 0) is 9.84 Å². The number of fused-ring (bicyclic) bond motifs is 2. The third-order valence-corrected chi connectivity index (χ3v) is 8.84. The lowest BCUT2D eigenvalue weighted by atomic mass is 9.86. The Morgan fingerprint density at radius 1 is 1.03 bits per heavy atom. The van der Waals surface area contributed by atoms with Gasteiger partial charge in [-0.2, -0.15) is 0 Å². The molecule has 4 rings (SSSR count). The lowest BCUT2D eigenvalue weighted by molar-refractivity contribution is 0.0618. The Labute approximate surface area is 182 Å². The van der Waals surface area contributed by atoms with Crippen molar-refractivity contribution >= 4 is 33.0 Å². The molecule has 31 heavy (non-hydrogen) atoms. The van der Waals surface area contributed by atoms with Crippen LogP contribution in [0.25, 0.3) is 0 Å². The first kappa shape index (κ1) is 22.1. The Hall–Kier alpha value is -2.10. The topological polar surface area (TPSA) is 83.5 Å². The third-order valence-electron chi connectivity index (χ3n) is 6.19. The number of carbonyl (C=O) groups is 1. The van der Waals surface area contributed by atoms with Crippen LogP contribution in [0.3, 0.4) is 0 Å². The number of anilines is 1. The van der Waals surface area contributed by atoms with Crippen molar-refractivity contribution in [2.24, 2.45) is 11.8 Å².